The molecule has 0 aromatic carbocycles. The van der Waals surface area contributed by atoms with Crippen LogP contribution in [0.25, 0.3) is 0 Å². The molecule has 41 heavy (non-hydrogen) atoms. The normalized spacial score (nSPS) is 11.9. The number of unbranched alkanes of at least 4 members (excludes halogenated alkanes) is 3. The Morgan fingerprint density at radius 3 is 1.54 bits per heavy atom. The van der Waals surface area contributed by atoms with E-state index in [9.17, 15) is 19.2 Å². The lowest BCUT2D eigenvalue weighted by Gasteiger charge is -2.22. The molecule has 8 heteroatoms. The monoisotopic (exact) mass is 585 g/mol. The van der Waals surface area contributed by atoms with Crippen molar-refractivity contribution in [2.24, 2.45) is 11.8 Å². The van der Waals surface area contributed by atoms with Crippen LogP contribution in [0, 0.1) is 11.8 Å². The summed E-state index contributed by atoms with van der Waals surface area (Å²) in [6.45, 7) is 19.5. The van der Waals surface area contributed by atoms with Gasteiger partial charge in [0.1, 0.15) is 6.04 Å². The number of amides is 3. The van der Waals surface area contributed by atoms with Crippen LogP contribution in [-0.4, -0.2) is 55.7 Å². The molecule has 0 spiro atoms. The summed E-state index contributed by atoms with van der Waals surface area (Å²) in [5.74, 6) is 0.713. The SMILES string of the molecule is CC.CC.CNCCCCC(NC(=O)C(CCCNC(=O)CCCCC(C)C)NC(=O)CCCCC(C)C)C(C)=O. The average molecular weight is 585 g/mol. The van der Waals surface area contributed by atoms with Gasteiger partial charge in [-0.15, -0.1) is 0 Å². The van der Waals surface area contributed by atoms with Gasteiger partial charge in [-0.3, -0.25) is 19.2 Å². The summed E-state index contributed by atoms with van der Waals surface area (Å²) in [6.07, 6.45) is 10.1. The third kappa shape index (κ3) is 29.3. The van der Waals surface area contributed by atoms with Crippen LogP contribution in [0.4, 0.5) is 0 Å². The van der Waals surface area contributed by atoms with Crippen molar-refractivity contribution in [3.05, 3.63) is 0 Å². The first kappa shape index (κ1) is 43.5. The molecule has 0 aromatic rings. The van der Waals surface area contributed by atoms with Gasteiger partial charge in [0.15, 0.2) is 5.78 Å². The highest BCUT2D eigenvalue weighted by Crippen LogP contribution is 2.10. The number of ketones is 1. The molecule has 0 aliphatic carbocycles. The predicted molar refractivity (Wildman–Crippen MR) is 174 cm³/mol. The van der Waals surface area contributed by atoms with Gasteiger partial charge in [-0.1, -0.05) is 81.1 Å². The second-order valence-corrected chi connectivity index (χ2v) is 11.2. The molecule has 0 aromatic heterocycles. The Bertz CT molecular complexity index is 653. The minimum atomic E-state index is -0.722. The first-order valence-corrected chi connectivity index (χ1v) is 16.6. The fourth-order valence-electron chi connectivity index (χ4n) is 4.13. The molecular formula is C33H68N4O4. The van der Waals surface area contributed by atoms with Crippen LogP contribution in [0.1, 0.15) is 146 Å². The molecule has 0 bridgehead atoms. The first-order valence-electron chi connectivity index (χ1n) is 16.6. The zero-order chi connectivity index (χ0) is 32.1. The van der Waals surface area contributed by atoms with E-state index in [4.69, 9.17) is 0 Å². The van der Waals surface area contributed by atoms with Crippen LogP contribution >= 0.6 is 0 Å². The van der Waals surface area contributed by atoms with E-state index in [1.807, 2.05) is 34.7 Å². The van der Waals surface area contributed by atoms with Crippen molar-refractivity contribution in [1.29, 1.82) is 0 Å². The van der Waals surface area contributed by atoms with Crippen LogP contribution in [-0.2, 0) is 19.2 Å². The molecule has 0 saturated heterocycles. The quantitative estimate of drug-likeness (QED) is 0.105. The zero-order valence-corrected chi connectivity index (χ0v) is 28.5. The standard InChI is InChI=1S/C29H56N4O4.2C2H6/c1-22(2)14-7-9-18-27(35)31-21-13-17-26(32-28(36)19-10-8-15-23(3)4)29(37)33-25(24(5)34)16-11-12-20-30-6;2*1-2/h22-23,25-26,30H,7-21H2,1-6H3,(H,31,35)(H,32,36)(H,33,37);2*1-2H3. The predicted octanol–water partition coefficient (Wildman–Crippen LogP) is 6.32. The number of carbonyl (C=O) groups is 4. The lowest BCUT2D eigenvalue weighted by Crippen LogP contribution is -2.51. The maximum absolute atomic E-state index is 13.1. The van der Waals surface area contributed by atoms with Crippen LogP contribution in [0.15, 0.2) is 0 Å². The molecule has 0 heterocycles. The molecule has 0 aliphatic rings. The second kappa shape index (κ2) is 31.0. The van der Waals surface area contributed by atoms with Gasteiger partial charge in [-0.05, 0) is 77.3 Å². The number of carbonyl (C=O) groups excluding carboxylic acids is 4. The fraction of sp³-hybridized carbons (Fsp3) is 0.879. The molecule has 0 aliphatic heterocycles. The molecule has 8 nitrogen and oxygen atoms in total. The van der Waals surface area contributed by atoms with E-state index in [0.29, 0.717) is 50.5 Å². The maximum atomic E-state index is 13.1. The highest BCUT2D eigenvalue weighted by Gasteiger charge is 2.24. The molecule has 2 atom stereocenters. The summed E-state index contributed by atoms with van der Waals surface area (Å²) in [4.78, 5) is 49.9. The van der Waals surface area contributed by atoms with Gasteiger partial charge in [0.05, 0.1) is 6.04 Å². The molecular weight excluding hydrogens is 516 g/mol. The molecule has 3 amide bonds. The van der Waals surface area contributed by atoms with Gasteiger partial charge in [-0.2, -0.15) is 0 Å². The number of nitrogens with one attached hydrogen (secondary N) is 4. The zero-order valence-electron chi connectivity index (χ0n) is 28.5. The highest BCUT2D eigenvalue weighted by molar-refractivity contribution is 5.92. The number of rotatable bonds is 23. The molecule has 0 radical (unpaired) electrons. The molecule has 0 saturated carbocycles. The Hall–Kier alpha value is -1.96. The number of Topliss-reactive ketones (excluding diaryl/α,β-unsaturated/α-hetero) is 1. The van der Waals surface area contributed by atoms with Crippen molar-refractivity contribution in [1.82, 2.24) is 21.3 Å². The van der Waals surface area contributed by atoms with Crippen molar-refractivity contribution in [3.63, 3.8) is 0 Å². The van der Waals surface area contributed by atoms with Crippen LogP contribution in [0.5, 0.6) is 0 Å². The van der Waals surface area contributed by atoms with Gasteiger partial charge in [-0.25, -0.2) is 0 Å². The maximum Gasteiger partial charge on any atom is 0.243 e. The Morgan fingerprint density at radius 1 is 0.561 bits per heavy atom. The fourth-order valence-corrected chi connectivity index (χ4v) is 4.13. The summed E-state index contributed by atoms with van der Waals surface area (Å²) in [5.41, 5.74) is 0. The summed E-state index contributed by atoms with van der Waals surface area (Å²) in [6, 6.07) is -1.28. The van der Waals surface area contributed by atoms with E-state index >= 15 is 0 Å². The minimum absolute atomic E-state index is 0.0251. The summed E-state index contributed by atoms with van der Waals surface area (Å²) < 4.78 is 0. The van der Waals surface area contributed by atoms with Crippen molar-refractivity contribution < 1.29 is 19.2 Å². The molecule has 2 unspecified atom stereocenters. The van der Waals surface area contributed by atoms with E-state index in [1.54, 1.807) is 0 Å². The van der Waals surface area contributed by atoms with Crippen molar-refractivity contribution >= 4 is 23.5 Å². The summed E-state index contributed by atoms with van der Waals surface area (Å²) >= 11 is 0. The Kier molecular flexibility index (Phi) is 32.9. The van der Waals surface area contributed by atoms with Gasteiger partial charge in [0.2, 0.25) is 17.7 Å². The van der Waals surface area contributed by atoms with Crippen molar-refractivity contribution in [3.8, 4) is 0 Å². The third-order valence-electron chi connectivity index (χ3n) is 6.49. The van der Waals surface area contributed by atoms with E-state index in [1.165, 1.54) is 6.92 Å². The van der Waals surface area contributed by atoms with E-state index < -0.39 is 12.1 Å². The molecule has 0 rings (SSSR count). The third-order valence-corrected chi connectivity index (χ3v) is 6.49. The highest BCUT2D eigenvalue weighted by atomic mass is 16.2. The Labute approximate surface area is 253 Å². The molecule has 244 valence electrons. The second-order valence-electron chi connectivity index (χ2n) is 11.2. The van der Waals surface area contributed by atoms with E-state index in [2.05, 4.69) is 49.0 Å². The van der Waals surface area contributed by atoms with Gasteiger partial charge in [0.25, 0.3) is 0 Å². The van der Waals surface area contributed by atoms with Crippen molar-refractivity contribution in [2.45, 2.75) is 158 Å². The van der Waals surface area contributed by atoms with Gasteiger partial charge in [0, 0.05) is 19.4 Å². The minimum Gasteiger partial charge on any atom is -0.356 e. The van der Waals surface area contributed by atoms with Crippen LogP contribution in [0.3, 0.4) is 0 Å². The lowest BCUT2D eigenvalue weighted by molar-refractivity contribution is -0.131. The van der Waals surface area contributed by atoms with Crippen LogP contribution < -0.4 is 21.3 Å². The van der Waals surface area contributed by atoms with Crippen molar-refractivity contribution in [2.75, 3.05) is 20.1 Å². The van der Waals surface area contributed by atoms with Gasteiger partial charge < -0.3 is 21.3 Å². The largest absolute Gasteiger partial charge is 0.356 e. The average Bonchev–Trinajstić information content (AvgIpc) is 2.94. The summed E-state index contributed by atoms with van der Waals surface area (Å²) in [5, 5.41) is 11.8. The lowest BCUT2D eigenvalue weighted by atomic mass is 10.0. The number of hydrogen-bond acceptors (Lipinski definition) is 5. The van der Waals surface area contributed by atoms with Gasteiger partial charge >= 0.3 is 0 Å². The van der Waals surface area contributed by atoms with E-state index in [0.717, 1.165) is 57.9 Å². The Morgan fingerprint density at radius 2 is 1.05 bits per heavy atom. The molecule has 4 N–H and O–H groups in total. The smallest absolute Gasteiger partial charge is 0.243 e. The summed E-state index contributed by atoms with van der Waals surface area (Å²) in [7, 11) is 1.88. The van der Waals surface area contributed by atoms with Crippen LogP contribution in [0.2, 0.25) is 0 Å². The molecule has 0 fully saturated rings. The van der Waals surface area contributed by atoms with E-state index in [-0.39, 0.29) is 23.5 Å². The Balaban J connectivity index is -0.00000344. The number of hydrogen-bond donors (Lipinski definition) is 4. The topological polar surface area (TPSA) is 116 Å². The first-order chi connectivity index (χ1) is 19.6.